The van der Waals surface area contributed by atoms with Crippen LogP contribution in [0.5, 0.6) is 5.75 Å². The molecule has 0 amide bonds. The lowest BCUT2D eigenvalue weighted by Gasteiger charge is -2.13. The molecular weight excluding hydrogens is 217 g/mol. The lowest BCUT2D eigenvalue weighted by Crippen LogP contribution is -2.16. The number of halogens is 1. The third-order valence-electron chi connectivity index (χ3n) is 2.84. The molecule has 0 bridgehead atoms. The van der Waals surface area contributed by atoms with E-state index in [4.69, 9.17) is 10.5 Å². The molecule has 0 fully saturated rings. The molecular formula is C14H22FNO. The van der Waals surface area contributed by atoms with Crippen LogP contribution in [-0.4, -0.2) is 12.9 Å². The number of alkyl halides is 1. The van der Waals surface area contributed by atoms with Crippen LogP contribution in [0, 0.1) is 5.92 Å². The predicted molar refractivity (Wildman–Crippen MR) is 68.8 cm³/mol. The predicted octanol–water partition coefficient (Wildman–Crippen LogP) is 3.30. The maximum Gasteiger partial charge on any atom is 0.228 e. The molecule has 0 aliphatic heterocycles. The van der Waals surface area contributed by atoms with Crippen LogP contribution < -0.4 is 10.5 Å². The van der Waals surface area contributed by atoms with E-state index in [1.807, 2.05) is 31.2 Å². The van der Waals surface area contributed by atoms with Gasteiger partial charge in [-0.3, -0.25) is 0 Å². The summed E-state index contributed by atoms with van der Waals surface area (Å²) in [4.78, 5) is 0. The van der Waals surface area contributed by atoms with Gasteiger partial charge >= 0.3 is 0 Å². The van der Waals surface area contributed by atoms with Gasteiger partial charge in [-0.25, -0.2) is 4.39 Å². The van der Waals surface area contributed by atoms with Crippen LogP contribution in [-0.2, 0) is 6.42 Å². The molecule has 2 atom stereocenters. The summed E-state index contributed by atoms with van der Waals surface area (Å²) in [5.41, 5.74) is 6.99. The van der Waals surface area contributed by atoms with Gasteiger partial charge in [0.05, 0.1) is 0 Å². The zero-order valence-electron chi connectivity index (χ0n) is 10.7. The van der Waals surface area contributed by atoms with E-state index in [0.29, 0.717) is 11.7 Å². The number of rotatable bonds is 7. The zero-order valence-corrected chi connectivity index (χ0v) is 10.7. The molecule has 2 N–H and O–H groups in total. The van der Waals surface area contributed by atoms with Crippen LogP contribution in [0.2, 0.25) is 0 Å². The number of hydrogen-bond donors (Lipinski definition) is 1. The fraction of sp³-hybridized carbons (Fsp3) is 0.571. The van der Waals surface area contributed by atoms with E-state index in [9.17, 15) is 4.39 Å². The SMILES string of the molecule is CC(CC[C@H](C)N)Cc1ccc(OCF)cc1. The summed E-state index contributed by atoms with van der Waals surface area (Å²) in [5, 5.41) is 0. The summed E-state index contributed by atoms with van der Waals surface area (Å²) < 4.78 is 16.7. The van der Waals surface area contributed by atoms with Gasteiger partial charge in [0, 0.05) is 6.04 Å². The van der Waals surface area contributed by atoms with Gasteiger partial charge < -0.3 is 10.5 Å². The molecule has 1 unspecified atom stereocenters. The van der Waals surface area contributed by atoms with E-state index >= 15 is 0 Å². The Bertz CT molecular complexity index is 311. The molecule has 0 heterocycles. The van der Waals surface area contributed by atoms with Crippen LogP contribution in [0.1, 0.15) is 32.3 Å². The second-order valence-corrected chi connectivity index (χ2v) is 4.76. The molecule has 96 valence electrons. The van der Waals surface area contributed by atoms with Crippen molar-refractivity contribution in [2.75, 3.05) is 6.86 Å². The topological polar surface area (TPSA) is 35.2 Å². The van der Waals surface area contributed by atoms with Crippen molar-refractivity contribution in [2.45, 2.75) is 39.2 Å². The Morgan fingerprint density at radius 2 is 1.82 bits per heavy atom. The summed E-state index contributed by atoms with van der Waals surface area (Å²) in [6, 6.07) is 7.89. The van der Waals surface area contributed by atoms with Gasteiger partial charge in [-0.2, -0.15) is 0 Å². The molecule has 0 aromatic heterocycles. The molecule has 0 aliphatic rings. The summed E-state index contributed by atoms with van der Waals surface area (Å²) in [6.07, 6.45) is 3.23. The monoisotopic (exact) mass is 239 g/mol. The van der Waals surface area contributed by atoms with Crippen molar-refractivity contribution in [3.8, 4) is 5.75 Å². The molecule has 0 spiro atoms. The molecule has 0 aliphatic carbocycles. The Balaban J connectivity index is 2.40. The molecule has 1 aromatic carbocycles. The van der Waals surface area contributed by atoms with Crippen molar-refractivity contribution in [2.24, 2.45) is 11.7 Å². The van der Waals surface area contributed by atoms with Crippen LogP contribution in [0.3, 0.4) is 0 Å². The molecule has 3 heteroatoms. The molecule has 0 radical (unpaired) electrons. The van der Waals surface area contributed by atoms with Crippen LogP contribution in [0.15, 0.2) is 24.3 Å². The first-order valence-corrected chi connectivity index (χ1v) is 6.15. The van der Waals surface area contributed by atoms with Gasteiger partial charge in [0.1, 0.15) is 5.75 Å². The Labute approximate surface area is 103 Å². The molecule has 0 saturated carbocycles. The largest absolute Gasteiger partial charge is 0.463 e. The highest BCUT2D eigenvalue weighted by atomic mass is 19.1. The average Bonchev–Trinajstić information content (AvgIpc) is 2.29. The zero-order chi connectivity index (χ0) is 12.7. The van der Waals surface area contributed by atoms with Crippen LogP contribution >= 0.6 is 0 Å². The number of ether oxygens (including phenoxy) is 1. The van der Waals surface area contributed by atoms with Crippen molar-refractivity contribution < 1.29 is 9.13 Å². The van der Waals surface area contributed by atoms with E-state index in [0.717, 1.165) is 19.3 Å². The van der Waals surface area contributed by atoms with E-state index in [2.05, 4.69) is 6.92 Å². The second-order valence-electron chi connectivity index (χ2n) is 4.76. The average molecular weight is 239 g/mol. The van der Waals surface area contributed by atoms with E-state index < -0.39 is 6.86 Å². The third kappa shape index (κ3) is 5.68. The highest BCUT2D eigenvalue weighted by Crippen LogP contribution is 2.17. The fourth-order valence-electron chi connectivity index (χ4n) is 1.84. The quantitative estimate of drug-likeness (QED) is 0.792. The van der Waals surface area contributed by atoms with Crippen molar-refractivity contribution in [3.63, 3.8) is 0 Å². The van der Waals surface area contributed by atoms with Crippen molar-refractivity contribution in [1.29, 1.82) is 0 Å². The lowest BCUT2D eigenvalue weighted by molar-refractivity contribution is 0.191. The minimum Gasteiger partial charge on any atom is -0.463 e. The summed E-state index contributed by atoms with van der Waals surface area (Å²) in [6.45, 7) is 3.49. The molecule has 0 saturated heterocycles. The fourth-order valence-corrected chi connectivity index (χ4v) is 1.84. The van der Waals surface area contributed by atoms with Crippen molar-refractivity contribution in [1.82, 2.24) is 0 Å². The van der Waals surface area contributed by atoms with E-state index in [1.165, 1.54) is 5.56 Å². The smallest absolute Gasteiger partial charge is 0.228 e. The van der Waals surface area contributed by atoms with E-state index in [1.54, 1.807) is 0 Å². The Morgan fingerprint density at radius 1 is 1.18 bits per heavy atom. The third-order valence-corrected chi connectivity index (χ3v) is 2.84. The maximum atomic E-state index is 11.9. The summed E-state index contributed by atoms with van der Waals surface area (Å²) in [7, 11) is 0. The first-order chi connectivity index (χ1) is 8.11. The minimum atomic E-state index is -0.774. The molecule has 1 rings (SSSR count). The van der Waals surface area contributed by atoms with Gasteiger partial charge in [0.15, 0.2) is 0 Å². The van der Waals surface area contributed by atoms with Gasteiger partial charge in [-0.15, -0.1) is 0 Å². The Morgan fingerprint density at radius 3 is 2.35 bits per heavy atom. The van der Waals surface area contributed by atoms with Gasteiger partial charge in [-0.05, 0) is 49.8 Å². The van der Waals surface area contributed by atoms with Crippen LogP contribution in [0.4, 0.5) is 4.39 Å². The van der Waals surface area contributed by atoms with Gasteiger partial charge in [0.25, 0.3) is 0 Å². The molecule has 2 nitrogen and oxygen atoms in total. The minimum absolute atomic E-state index is 0.276. The lowest BCUT2D eigenvalue weighted by atomic mass is 9.95. The standard InChI is InChI=1S/C14H22FNO/c1-11(3-4-12(2)16)9-13-5-7-14(8-6-13)17-10-15/h5-8,11-12H,3-4,9-10,16H2,1-2H3/t11?,12-/m0/s1. The summed E-state index contributed by atoms with van der Waals surface area (Å²) in [5.74, 6) is 1.20. The van der Waals surface area contributed by atoms with E-state index in [-0.39, 0.29) is 6.04 Å². The maximum absolute atomic E-state index is 11.9. The van der Waals surface area contributed by atoms with Gasteiger partial charge in [0.2, 0.25) is 6.86 Å². The molecule has 17 heavy (non-hydrogen) atoms. The highest BCUT2D eigenvalue weighted by molar-refractivity contribution is 5.27. The second kappa shape index (κ2) is 7.28. The Kier molecular flexibility index (Phi) is 5.98. The summed E-state index contributed by atoms with van der Waals surface area (Å²) >= 11 is 0. The number of hydrogen-bond acceptors (Lipinski definition) is 2. The molecule has 1 aromatic rings. The van der Waals surface area contributed by atoms with Crippen molar-refractivity contribution in [3.05, 3.63) is 29.8 Å². The Hall–Kier alpha value is -1.09. The number of nitrogens with two attached hydrogens (primary N) is 1. The normalized spacial score (nSPS) is 14.4. The van der Waals surface area contributed by atoms with Crippen LogP contribution in [0.25, 0.3) is 0 Å². The van der Waals surface area contributed by atoms with Gasteiger partial charge in [-0.1, -0.05) is 19.1 Å². The first-order valence-electron chi connectivity index (χ1n) is 6.15. The highest BCUT2D eigenvalue weighted by Gasteiger charge is 2.05. The number of benzene rings is 1. The van der Waals surface area contributed by atoms with Crippen molar-refractivity contribution >= 4 is 0 Å². The first kappa shape index (κ1) is 14.0.